The maximum Gasteiger partial charge on any atom is 0.225 e. The highest BCUT2D eigenvalue weighted by molar-refractivity contribution is 5.81. The average molecular weight is 474 g/mol. The lowest BCUT2D eigenvalue weighted by molar-refractivity contribution is -0.132. The molecule has 3 heterocycles. The van der Waals surface area contributed by atoms with E-state index in [2.05, 4.69) is 20.2 Å². The number of hydrogen-bond donors (Lipinski definition) is 1. The summed E-state index contributed by atoms with van der Waals surface area (Å²) in [6.07, 6.45) is 4.83. The van der Waals surface area contributed by atoms with Crippen LogP contribution in [0.3, 0.4) is 0 Å². The first-order valence-corrected chi connectivity index (χ1v) is 12.2. The van der Waals surface area contributed by atoms with Crippen LogP contribution in [-0.2, 0) is 16.0 Å². The van der Waals surface area contributed by atoms with Crippen molar-refractivity contribution >= 4 is 28.7 Å². The van der Waals surface area contributed by atoms with Gasteiger partial charge in [-0.05, 0) is 43.0 Å². The number of amides is 2. The van der Waals surface area contributed by atoms with Crippen LogP contribution in [0.25, 0.3) is 10.9 Å². The molecular formula is C27H31N5O3. The van der Waals surface area contributed by atoms with Gasteiger partial charge in [-0.25, -0.2) is 9.97 Å². The van der Waals surface area contributed by atoms with Gasteiger partial charge >= 0.3 is 0 Å². The average Bonchev–Trinajstić information content (AvgIpc) is 3.27. The highest BCUT2D eigenvalue weighted by Gasteiger charge is 2.38. The number of carbonyl (C=O) groups is 2. The topological polar surface area (TPSA) is 87.7 Å². The third-order valence-electron chi connectivity index (χ3n) is 7.12. The van der Waals surface area contributed by atoms with Gasteiger partial charge < -0.3 is 19.9 Å². The molecule has 1 aromatic heterocycles. The fourth-order valence-corrected chi connectivity index (χ4v) is 5.13. The minimum Gasteiger partial charge on any atom is -0.497 e. The fourth-order valence-electron chi connectivity index (χ4n) is 5.13. The van der Waals surface area contributed by atoms with Crippen molar-refractivity contribution in [2.75, 3.05) is 38.2 Å². The van der Waals surface area contributed by atoms with Gasteiger partial charge in [-0.3, -0.25) is 9.59 Å². The zero-order valence-corrected chi connectivity index (χ0v) is 20.1. The lowest BCUT2D eigenvalue weighted by Gasteiger charge is -2.36. The van der Waals surface area contributed by atoms with E-state index in [-0.39, 0.29) is 17.4 Å². The van der Waals surface area contributed by atoms with E-state index in [1.54, 1.807) is 7.11 Å². The van der Waals surface area contributed by atoms with Crippen molar-refractivity contribution in [1.29, 1.82) is 0 Å². The van der Waals surface area contributed by atoms with Crippen LogP contribution in [0.1, 0.15) is 31.2 Å². The Morgan fingerprint density at radius 1 is 1.11 bits per heavy atom. The number of fused-ring (bicyclic) bond motifs is 1. The molecular weight excluding hydrogens is 442 g/mol. The van der Waals surface area contributed by atoms with Gasteiger partial charge in [0.15, 0.2) is 0 Å². The Kier molecular flexibility index (Phi) is 6.53. The van der Waals surface area contributed by atoms with Crippen LogP contribution in [0.5, 0.6) is 5.75 Å². The summed E-state index contributed by atoms with van der Waals surface area (Å²) in [6.45, 7) is 2.69. The molecule has 2 aliphatic rings. The highest BCUT2D eigenvalue weighted by Crippen LogP contribution is 2.31. The molecule has 1 atom stereocenters. The molecule has 2 saturated heterocycles. The van der Waals surface area contributed by atoms with Crippen molar-refractivity contribution < 1.29 is 14.3 Å². The van der Waals surface area contributed by atoms with Gasteiger partial charge in [0.05, 0.1) is 12.6 Å². The number of nitrogens with zero attached hydrogens (tertiary/aromatic N) is 4. The van der Waals surface area contributed by atoms with Crippen LogP contribution in [0, 0.1) is 0 Å². The van der Waals surface area contributed by atoms with Crippen molar-refractivity contribution in [2.24, 2.45) is 0 Å². The van der Waals surface area contributed by atoms with Crippen LogP contribution < -0.4 is 15.0 Å². The van der Waals surface area contributed by atoms with Crippen molar-refractivity contribution in [1.82, 2.24) is 20.2 Å². The Morgan fingerprint density at radius 2 is 1.94 bits per heavy atom. The molecule has 2 aliphatic heterocycles. The first kappa shape index (κ1) is 23.1. The quantitative estimate of drug-likeness (QED) is 0.568. The van der Waals surface area contributed by atoms with Crippen LogP contribution in [0.15, 0.2) is 54.7 Å². The molecule has 3 aromatic rings. The van der Waals surface area contributed by atoms with Gasteiger partial charge in [-0.2, -0.15) is 0 Å². The molecule has 0 saturated carbocycles. The van der Waals surface area contributed by atoms with Gasteiger partial charge in [-0.1, -0.05) is 30.3 Å². The minimum atomic E-state index is -0.389. The molecule has 0 radical (unpaired) electrons. The number of rotatable bonds is 7. The summed E-state index contributed by atoms with van der Waals surface area (Å²) in [5, 5.41) is 4.20. The van der Waals surface area contributed by atoms with Crippen molar-refractivity contribution in [3.8, 4) is 5.75 Å². The molecule has 8 nitrogen and oxygen atoms in total. The van der Waals surface area contributed by atoms with Crippen LogP contribution in [0.2, 0.25) is 0 Å². The van der Waals surface area contributed by atoms with Gasteiger partial charge in [0, 0.05) is 56.1 Å². The normalized spacial score (nSPS) is 20.2. The largest absolute Gasteiger partial charge is 0.497 e. The molecule has 2 fully saturated rings. The smallest absolute Gasteiger partial charge is 0.225 e. The molecule has 1 N–H and O–H groups in total. The van der Waals surface area contributed by atoms with E-state index in [1.165, 1.54) is 0 Å². The zero-order chi connectivity index (χ0) is 24.3. The molecule has 2 amide bonds. The lowest BCUT2D eigenvalue weighted by Crippen LogP contribution is -2.50. The van der Waals surface area contributed by atoms with E-state index < -0.39 is 0 Å². The fraction of sp³-hybridized carbons (Fsp3) is 0.407. The molecule has 5 rings (SSSR count). The number of aromatic nitrogens is 2. The summed E-state index contributed by atoms with van der Waals surface area (Å²) in [5.41, 5.74) is 1.64. The second kappa shape index (κ2) is 9.90. The molecule has 182 valence electrons. The highest BCUT2D eigenvalue weighted by atomic mass is 16.5. The van der Waals surface area contributed by atoms with E-state index in [4.69, 9.17) is 4.74 Å². The lowest BCUT2D eigenvalue weighted by atomic mass is 9.84. The van der Waals surface area contributed by atoms with Gasteiger partial charge in [0.2, 0.25) is 17.8 Å². The molecule has 0 aliphatic carbocycles. The van der Waals surface area contributed by atoms with Crippen LogP contribution >= 0.6 is 0 Å². The Bertz CT molecular complexity index is 1220. The number of carbonyl (C=O) groups excluding carboxylic acids is 2. The van der Waals surface area contributed by atoms with Crippen LogP contribution in [0.4, 0.5) is 5.95 Å². The van der Waals surface area contributed by atoms with Gasteiger partial charge in [0.25, 0.3) is 0 Å². The SMILES string of the molecule is COc1cccc(C[C@]2(CCC(=O)N3CCN(c4ncc5ccccc5n4)CC3)CCC(=O)N2)c1. The number of anilines is 1. The van der Waals surface area contributed by atoms with E-state index in [0.29, 0.717) is 57.8 Å². The Labute approximate surface area is 205 Å². The van der Waals surface area contributed by atoms with E-state index >= 15 is 0 Å². The minimum absolute atomic E-state index is 0.0596. The number of ether oxygens (including phenoxy) is 1. The van der Waals surface area contributed by atoms with E-state index in [0.717, 1.165) is 28.6 Å². The number of nitrogens with one attached hydrogen (secondary N) is 1. The molecule has 2 aromatic carbocycles. The van der Waals surface area contributed by atoms with Crippen LogP contribution in [-0.4, -0.2) is 65.5 Å². The number of methoxy groups -OCH3 is 1. The molecule has 0 bridgehead atoms. The summed E-state index contributed by atoms with van der Waals surface area (Å²) >= 11 is 0. The molecule has 0 unspecified atom stereocenters. The monoisotopic (exact) mass is 473 g/mol. The second-order valence-corrected chi connectivity index (χ2v) is 9.45. The first-order valence-electron chi connectivity index (χ1n) is 12.2. The number of hydrogen-bond acceptors (Lipinski definition) is 6. The Morgan fingerprint density at radius 3 is 2.71 bits per heavy atom. The molecule has 0 spiro atoms. The predicted molar refractivity (Wildman–Crippen MR) is 134 cm³/mol. The van der Waals surface area contributed by atoms with Crippen molar-refractivity contribution in [3.63, 3.8) is 0 Å². The zero-order valence-electron chi connectivity index (χ0n) is 20.1. The predicted octanol–water partition coefficient (Wildman–Crippen LogP) is 2.96. The summed E-state index contributed by atoms with van der Waals surface area (Å²) in [7, 11) is 1.65. The first-order chi connectivity index (χ1) is 17.0. The summed E-state index contributed by atoms with van der Waals surface area (Å²) < 4.78 is 5.35. The molecule has 8 heteroatoms. The summed E-state index contributed by atoms with van der Waals surface area (Å²) in [4.78, 5) is 38.5. The summed E-state index contributed by atoms with van der Waals surface area (Å²) in [5.74, 6) is 1.70. The van der Waals surface area contributed by atoms with Crippen molar-refractivity contribution in [2.45, 2.75) is 37.6 Å². The third kappa shape index (κ3) is 5.21. The number of piperazine rings is 1. The number of benzene rings is 2. The van der Waals surface area contributed by atoms with Gasteiger partial charge in [0.1, 0.15) is 5.75 Å². The standard InChI is InChI=1S/C27H31N5O3/c1-35-22-7-4-5-20(17-22)18-27(11-9-24(33)30-27)12-10-25(34)31-13-15-32(16-14-31)26-28-19-21-6-2-3-8-23(21)29-26/h2-8,17,19H,9-16,18H2,1H3,(H,30,33)/t27-/m1/s1. The van der Waals surface area contributed by atoms with Crippen molar-refractivity contribution in [3.05, 3.63) is 60.3 Å². The van der Waals surface area contributed by atoms with E-state index in [1.807, 2.05) is 59.6 Å². The maximum atomic E-state index is 13.1. The molecule has 35 heavy (non-hydrogen) atoms. The Balaban J connectivity index is 1.18. The number of para-hydroxylation sites is 1. The van der Waals surface area contributed by atoms with E-state index in [9.17, 15) is 9.59 Å². The maximum absolute atomic E-state index is 13.1. The van der Waals surface area contributed by atoms with Gasteiger partial charge in [-0.15, -0.1) is 0 Å². The second-order valence-electron chi connectivity index (χ2n) is 9.45. The third-order valence-corrected chi connectivity index (χ3v) is 7.12. The summed E-state index contributed by atoms with van der Waals surface area (Å²) in [6, 6.07) is 15.9. The Hall–Kier alpha value is -3.68.